The average molecular weight is 270 g/mol. The minimum atomic E-state index is 0.183. The summed E-state index contributed by atoms with van der Waals surface area (Å²) in [4.78, 5) is 12.8. The van der Waals surface area contributed by atoms with Crippen molar-refractivity contribution in [3.63, 3.8) is 0 Å². The van der Waals surface area contributed by atoms with Crippen molar-refractivity contribution in [2.75, 3.05) is 6.54 Å². The number of benzene rings is 1. The third-order valence-electron chi connectivity index (χ3n) is 3.34. The maximum absolute atomic E-state index is 11.1. The van der Waals surface area contributed by atoms with Gasteiger partial charge in [-0.2, -0.15) is 5.26 Å². The van der Waals surface area contributed by atoms with E-state index in [0.717, 1.165) is 17.6 Å². The molecular weight excluding hydrogens is 248 g/mol. The fraction of sp³-hybridized carbons (Fsp3) is 0.412. The van der Waals surface area contributed by atoms with Gasteiger partial charge in [-0.25, -0.2) is 0 Å². The van der Waals surface area contributed by atoms with Crippen molar-refractivity contribution in [1.29, 1.82) is 5.26 Å². The number of hydrogen-bond acceptors (Lipinski definition) is 3. The van der Waals surface area contributed by atoms with Crippen molar-refractivity contribution in [1.82, 2.24) is 4.90 Å². The number of carbonyl (C=O) groups is 1. The Morgan fingerprint density at radius 2 is 2.00 bits per heavy atom. The summed E-state index contributed by atoms with van der Waals surface area (Å²) in [6.07, 6.45) is 3.54. The third-order valence-corrected chi connectivity index (χ3v) is 3.34. The molecule has 0 radical (unpaired) electrons. The lowest BCUT2D eigenvalue weighted by Gasteiger charge is -2.23. The third kappa shape index (κ3) is 5.71. The largest absolute Gasteiger partial charge is 0.306 e. The molecule has 1 rings (SSSR count). The molecule has 0 unspecified atom stereocenters. The molecule has 0 fully saturated rings. The second-order valence-corrected chi connectivity index (χ2v) is 5.25. The van der Waals surface area contributed by atoms with Crippen LogP contribution in [0.15, 0.2) is 42.5 Å². The first-order valence-electron chi connectivity index (χ1n) is 6.86. The first-order valence-corrected chi connectivity index (χ1v) is 6.86. The van der Waals surface area contributed by atoms with Gasteiger partial charge in [0.2, 0.25) is 0 Å². The van der Waals surface area contributed by atoms with Gasteiger partial charge in [-0.3, -0.25) is 0 Å². The Balaban J connectivity index is 2.62. The highest BCUT2D eigenvalue weighted by Crippen LogP contribution is 2.18. The predicted octanol–water partition coefficient (Wildman–Crippen LogP) is 3.53. The Bertz CT molecular complexity index is 487. The molecule has 0 aliphatic rings. The van der Waals surface area contributed by atoms with E-state index in [4.69, 9.17) is 0 Å². The molecule has 1 atom stereocenters. The average Bonchev–Trinajstić information content (AvgIpc) is 2.42. The Labute approximate surface area is 121 Å². The summed E-state index contributed by atoms with van der Waals surface area (Å²) in [6, 6.07) is 9.92. The van der Waals surface area contributed by atoms with E-state index >= 15 is 0 Å². The fourth-order valence-electron chi connectivity index (χ4n) is 2.08. The molecule has 20 heavy (non-hydrogen) atoms. The van der Waals surface area contributed by atoms with E-state index in [1.807, 2.05) is 37.3 Å². The number of Topliss-reactive ketones (excluding diaryl/α,β-unsaturated/α-hetero) is 1. The molecule has 106 valence electrons. The highest BCUT2D eigenvalue weighted by atomic mass is 16.1. The van der Waals surface area contributed by atoms with Gasteiger partial charge in [0.05, 0.1) is 6.54 Å². The summed E-state index contributed by atoms with van der Waals surface area (Å²) in [6.45, 7) is 8.76. The Morgan fingerprint density at radius 3 is 2.50 bits per heavy atom. The van der Waals surface area contributed by atoms with Gasteiger partial charge >= 0.3 is 0 Å². The van der Waals surface area contributed by atoms with Gasteiger partial charge in [-0.1, -0.05) is 42.5 Å². The summed E-state index contributed by atoms with van der Waals surface area (Å²) in [7, 11) is 0. The molecule has 0 aromatic heterocycles. The van der Waals surface area contributed by atoms with Gasteiger partial charge in [-0.15, -0.1) is 0 Å². The highest BCUT2D eigenvalue weighted by Gasteiger charge is 2.15. The minimum Gasteiger partial charge on any atom is -0.306 e. The molecule has 0 spiro atoms. The van der Waals surface area contributed by atoms with E-state index in [-0.39, 0.29) is 11.7 Å². The zero-order valence-electron chi connectivity index (χ0n) is 12.3. The number of hydrogen-bond donors (Lipinski definition) is 0. The van der Waals surface area contributed by atoms with E-state index in [1.165, 1.54) is 0 Å². The Hall–Kier alpha value is -2.08. The molecule has 0 N–H and O–H groups in total. The number of carbonyl (C=O) groups excluding carboxylic acids is 1. The predicted molar refractivity (Wildman–Crippen MR) is 80.7 cm³/mol. The van der Waals surface area contributed by atoms with E-state index in [1.54, 1.807) is 11.8 Å². The lowest BCUT2D eigenvalue weighted by Crippen LogP contribution is -2.26. The number of rotatable bonds is 8. The van der Waals surface area contributed by atoms with E-state index in [0.29, 0.717) is 19.5 Å². The molecule has 0 aliphatic carbocycles. The van der Waals surface area contributed by atoms with Crippen LogP contribution in [0.5, 0.6) is 0 Å². The Kier molecular flexibility index (Phi) is 6.52. The maximum Gasteiger partial charge on any atom is 0.179 e. The molecule has 3 heteroatoms. The van der Waals surface area contributed by atoms with Crippen LogP contribution < -0.4 is 0 Å². The van der Waals surface area contributed by atoms with Crippen molar-refractivity contribution in [3.05, 3.63) is 48.0 Å². The van der Waals surface area contributed by atoms with Crippen molar-refractivity contribution >= 4 is 5.78 Å². The van der Waals surface area contributed by atoms with Crippen LogP contribution in [-0.4, -0.2) is 17.2 Å². The van der Waals surface area contributed by atoms with Crippen LogP contribution in [0.2, 0.25) is 0 Å². The molecule has 0 saturated carbocycles. The minimum absolute atomic E-state index is 0.183. The van der Waals surface area contributed by atoms with Crippen molar-refractivity contribution in [2.24, 2.45) is 5.92 Å². The van der Waals surface area contributed by atoms with Crippen molar-refractivity contribution < 1.29 is 4.79 Å². The van der Waals surface area contributed by atoms with E-state index in [2.05, 4.69) is 12.8 Å². The molecule has 1 aromatic carbocycles. The molecule has 0 saturated heterocycles. The van der Waals surface area contributed by atoms with Crippen LogP contribution in [0, 0.1) is 17.4 Å². The van der Waals surface area contributed by atoms with Gasteiger partial charge in [0.15, 0.2) is 6.19 Å². The molecule has 0 aliphatic heterocycles. The number of ketones is 1. The zero-order valence-corrected chi connectivity index (χ0v) is 12.3. The molecule has 1 aromatic rings. The molecular formula is C17H22N2O. The summed E-state index contributed by atoms with van der Waals surface area (Å²) in [5.41, 5.74) is 2.14. The van der Waals surface area contributed by atoms with E-state index in [9.17, 15) is 10.1 Å². The molecule has 0 amide bonds. The monoisotopic (exact) mass is 270 g/mol. The lowest BCUT2D eigenvalue weighted by molar-refractivity contribution is -0.117. The van der Waals surface area contributed by atoms with Crippen LogP contribution in [-0.2, 0) is 11.3 Å². The molecule has 3 nitrogen and oxygen atoms in total. The first-order chi connectivity index (χ1) is 9.52. The standard InChI is InChI=1S/C17H22N2O/c1-14(2)17(10-9-15(3)20)12-19(13-18)11-16-7-5-4-6-8-16/h4-8,17H,1,9-12H2,2-3H3/t17-/m0/s1. The van der Waals surface area contributed by atoms with Gasteiger partial charge in [0, 0.05) is 13.0 Å². The van der Waals surface area contributed by atoms with Crippen molar-refractivity contribution in [3.8, 4) is 6.19 Å². The molecule has 0 heterocycles. The SMILES string of the molecule is C=C(C)[C@@H](CCC(C)=O)CN(C#N)Cc1ccccc1. The summed E-state index contributed by atoms with van der Waals surface area (Å²) >= 11 is 0. The topological polar surface area (TPSA) is 44.1 Å². The van der Waals surface area contributed by atoms with Crippen LogP contribution in [0.25, 0.3) is 0 Å². The zero-order chi connectivity index (χ0) is 15.0. The second-order valence-electron chi connectivity index (χ2n) is 5.25. The number of nitrogens with zero attached hydrogens (tertiary/aromatic N) is 2. The van der Waals surface area contributed by atoms with E-state index < -0.39 is 0 Å². The first kappa shape index (κ1) is 16.0. The highest BCUT2D eigenvalue weighted by molar-refractivity contribution is 5.75. The number of nitriles is 1. The smallest absolute Gasteiger partial charge is 0.179 e. The van der Waals surface area contributed by atoms with Crippen molar-refractivity contribution in [2.45, 2.75) is 33.2 Å². The van der Waals surface area contributed by atoms with Crippen LogP contribution in [0.1, 0.15) is 32.3 Å². The van der Waals surface area contributed by atoms with Crippen LogP contribution >= 0.6 is 0 Å². The Morgan fingerprint density at radius 1 is 1.35 bits per heavy atom. The van der Waals surface area contributed by atoms with Gasteiger partial charge in [0.1, 0.15) is 5.78 Å². The maximum atomic E-state index is 11.1. The second kappa shape index (κ2) is 8.16. The van der Waals surface area contributed by atoms with Gasteiger partial charge in [-0.05, 0) is 31.7 Å². The molecule has 0 bridgehead atoms. The normalized spacial score (nSPS) is 11.4. The summed E-state index contributed by atoms with van der Waals surface area (Å²) < 4.78 is 0. The summed E-state index contributed by atoms with van der Waals surface area (Å²) in [5, 5.41) is 9.27. The quantitative estimate of drug-likeness (QED) is 0.412. The summed E-state index contributed by atoms with van der Waals surface area (Å²) in [5.74, 6) is 0.366. The lowest BCUT2D eigenvalue weighted by atomic mass is 9.94. The van der Waals surface area contributed by atoms with Gasteiger partial charge in [0.25, 0.3) is 0 Å². The van der Waals surface area contributed by atoms with Crippen LogP contribution in [0.4, 0.5) is 0 Å². The fourth-order valence-corrected chi connectivity index (χ4v) is 2.08. The van der Waals surface area contributed by atoms with Crippen LogP contribution in [0.3, 0.4) is 0 Å². The van der Waals surface area contributed by atoms with Gasteiger partial charge < -0.3 is 9.69 Å².